The predicted octanol–water partition coefficient (Wildman–Crippen LogP) is 0.853. The average Bonchev–Trinajstić information content (AvgIpc) is 2.36. The lowest BCUT2D eigenvalue weighted by atomic mass is 10.0. The molecular weight excluding hydrogens is 292 g/mol. The van der Waals surface area contributed by atoms with Crippen LogP contribution in [-0.2, 0) is 0 Å². The van der Waals surface area contributed by atoms with Crippen molar-refractivity contribution in [2.75, 3.05) is 20.8 Å². The molecule has 0 bridgehead atoms. The van der Waals surface area contributed by atoms with Gasteiger partial charge in [-0.25, -0.2) is 0 Å². The number of methoxy groups -OCH3 is 2. The van der Waals surface area contributed by atoms with E-state index in [0.717, 1.165) is 0 Å². The van der Waals surface area contributed by atoms with E-state index in [1.807, 2.05) is 0 Å². The Morgan fingerprint density at radius 1 is 1.18 bits per heavy atom. The summed E-state index contributed by atoms with van der Waals surface area (Å²) < 4.78 is 10.9. The second kappa shape index (κ2) is 6.20. The summed E-state index contributed by atoms with van der Waals surface area (Å²) in [5, 5.41) is 28.1. The van der Waals surface area contributed by atoms with E-state index in [-0.39, 0.29) is 0 Å². The van der Waals surface area contributed by atoms with Gasteiger partial charge in [-0.05, 0) is 28.1 Å². The zero-order chi connectivity index (χ0) is 13.0. The Bertz CT molecular complexity index is 382. The SMILES string of the molecule is COc1cc(C(O)C(O)CO)c(OC)cc1Br. The van der Waals surface area contributed by atoms with Crippen LogP contribution in [0.3, 0.4) is 0 Å². The maximum absolute atomic E-state index is 9.85. The largest absolute Gasteiger partial charge is 0.496 e. The number of hydrogen-bond donors (Lipinski definition) is 3. The highest BCUT2D eigenvalue weighted by Gasteiger charge is 2.23. The minimum Gasteiger partial charge on any atom is -0.496 e. The average molecular weight is 307 g/mol. The lowest BCUT2D eigenvalue weighted by molar-refractivity contribution is -0.0163. The van der Waals surface area contributed by atoms with E-state index >= 15 is 0 Å². The van der Waals surface area contributed by atoms with E-state index in [1.54, 1.807) is 12.1 Å². The molecule has 0 saturated carbocycles. The van der Waals surface area contributed by atoms with Crippen molar-refractivity contribution < 1.29 is 24.8 Å². The Morgan fingerprint density at radius 2 is 1.76 bits per heavy atom. The minimum atomic E-state index is -1.27. The molecule has 0 aliphatic heterocycles. The van der Waals surface area contributed by atoms with Crippen LogP contribution < -0.4 is 9.47 Å². The van der Waals surface area contributed by atoms with E-state index in [1.165, 1.54) is 14.2 Å². The molecule has 96 valence electrons. The fourth-order valence-corrected chi connectivity index (χ4v) is 1.91. The molecule has 1 aromatic carbocycles. The molecular formula is C11H15BrO5. The first kappa shape index (κ1) is 14.2. The molecule has 1 aromatic rings. The van der Waals surface area contributed by atoms with Crippen LogP contribution in [0.4, 0.5) is 0 Å². The number of aliphatic hydroxyl groups is 3. The summed E-state index contributed by atoms with van der Waals surface area (Å²) in [6, 6.07) is 3.17. The van der Waals surface area contributed by atoms with Gasteiger partial charge in [-0.1, -0.05) is 0 Å². The standard InChI is InChI=1S/C11H15BrO5/c1-16-9-4-7(12)10(17-2)3-6(9)11(15)8(14)5-13/h3-4,8,11,13-15H,5H2,1-2H3. The van der Waals surface area contributed by atoms with Gasteiger partial charge in [-0.2, -0.15) is 0 Å². The van der Waals surface area contributed by atoms with E-state index in [4.69, 9.17) is 14.6 Å². The summed E-state index contributed by atoms with van der Waals surface area (Å²) >= 11 is 3.29. The maximum Gasteiger partial charge on any atom is 0.133 e. The second-order valence-corrected chi connectivity index (χ2v) is 4.28. The molecule has 0 spiro atoms. The van der Waals surface area contributed by atoms with Crippen molar-refractivity contribution in [3.05, 3.63) is 22.2 Å². The number of aliphatic hydroxyl groups excluding tert-OH is 3. The van der Waals surface area contributed by atoms with Gasteiger partial charge in [0, 0.05) is 5.56 Å². The van der Waals surface area contributed by atoms with Gasteiger partial charge in [0.25, 0.3) is 0 Å². The molecule has 17 heavy (non-hydrogen) atoms. The first-order valence-electron chi connectivity index (χ1n) is 4.93. The molecule has 0 aliphatic rings. The van der Waals surface area contributed by atoms with Crippen LogP contribution in [-0.4, -0.2) is 42.3 Å². The Balaban J connectivity index is 3.20. The highest BCUT2D eigenvalue weighted by atomic mass is 79.9. The third-order valence-corrected chi connectivity index (χ3v) is 2.99. The van der Waals surface area contributed by atoms with Gasteiger partial charge >= 0.3 is 0 Å². The molecule has 3 N–H and O–H groups in total. The highest BCUT2D eigenvalue weighted by Crippen LogP contribution is 2.36. The Kier molecular flexibility index (Phi) is 5.20. The van der Waals surface area contributed by atoms with Gasteiger partial charge < -0.3 is 24.8 Å². The van der Waals surface area contributed by atoms with Gasteiger partial charge in [-0.15, -0.1) is 0 Å². The van der Waals surface area contributed by atoms with Crippen LogP contribution in [0.1, 0.15) is 11.7 Å². The van der Waals surface area contributed by atoms with Gasteiger partial charge in [-0.3, -0.25) is 0 Å². The van der Waals surface area contributed by atoms with E-state index in [2.05, 4.69) is 15.9 Å². The van der Waals surface area contributed by atoms with E-state index in [0.29, 0.717) is 21.5 Å². The van der Waals surface area contributed by atoms with Gasteiger partial charge in [0.2, 0.25) is 0 Å². The summed E-state index contributed by atoms with van der Waals surface area (Å²) in [6.45, 7) is -0.539. The van der Waals surface area contributed by atoms with E-state index in [9.17, 15) is 10.2 Å². The molecule has 0 amide bonds. The van der Waals surface area contributed by atoms with Crippen LogP contribution in [0.5, 0.6) is 11.5 Å². The van der Waals surface area contributed by atoms with Crippen molar-refractivity contribution in [1.82, 2.24) is 0 Å². The smallest absolute Gasteiger partial charge is 0.133 e. The van der Waals surface area contributed by atoms with Crippen molar-refractivity contribution in [2.24, 2.45) is 0 Å². The quantitative estimate of drug-likeness (QED) is 0.752. The van der Waals surface area contributed by atoms with Crippen LogP contribution in [0.2, 0.25) is 0 Å². The fraction of sp³-hybridized carbons (Fsp3) is 0.455. The first-order valence-corrected chi connectivity index (χ1v) is 5.72. The fourth-order valence-electron chi connectivity index (χ4n) is 1.42. The van der Waals surface area contributed by atoms with Gasteiger partial charge in [0.15, 0.2) is 0 Å². The number of hydrogen-bond acceptors (Lipinski definition) is 5. The summed E-state index contributed by atoms with van der Waals surface area (Å²) in [6.07, 6.45) is -2.51. The molecule has 6 heteroatoms. The Labute approximate surface area is 108 Å². The molecule has 1 rings (SSSR count). The van der Waals surface area contributed by atoms with E-state index < -0.39 is 18.8 Å². The number of halogens is 1. The van der Waals surface area contributed by atoms with Crippen molar-refractivity contribution in [3.8, 4) is 11.5 Å². The molecule has 2 unspecified atom stereocenters. The topological polar surface area (TPSA) is 79.2 Å². The third-order valence-electron chi connectivity index (χ3n) is 2.37. The molecule has 0 aromatic heterocycles. The molecule has 2 atom stereocenters. The van der Waals surface area contributed by atoms with Crippen LogP contribution in [0.25, 0.3) is 0 Å². The number of benzene rings is 1. The minimum absolute atomic E-state index is 0.356. The normalized spacial score (nSPS) is 14.2. The van der Waals surface area contributed by atoms with Crippen molar-refractivity contribution in [3.63, 3.8) is 0 Å². The second-order valence-electron chi connectivity index (χ2n) is 3.42. The Hall–Kier alpha value is -0.820. The maximum atomic E-state index is 9.85. The molecule has 0 radical (unpaired) electrons. The van der Waals surface area contributed by atoms with Crippen LogP contribution in [0, 0.1) is 0 Å². The van der Waals surface area contributed by atoms with Gasteiger partial charge in [0.05, 0.1) is 25.3 Å². The monoisotopic (exact) mass is 306 g/mol. The first-order chi connectivity index (χ1) is 8.04. The van der Waals surface area contributed by atoms with Crippen molar-refractivity contribution in [1.29, 1.82) is 0 Å². The highest BCUT2D eigenvalue weighted by molar-refractivity contribution is 9.10. The van der Waals surface area contributed by atoms with Crippen molar-refractivity contribution in [2.45, 2.75) is 12.2 Å². The number of ether oxygens (including phenoxy) is 2. The van der Waals surface area contributed by atoms with Crippen molar-refractivity contribution >= 4 is 15.9 Å². The predicted molar refractivity (Wildman–Crippen MR) is 65.3 cm³/mol. The summed E-state index contributed by atoms with van der Waals surface area (Å²) in [5.74, 6) is 0.905. The molecule has 5 nitrogen and oxygen atoms in total. The molecule has 0 fully saturated rings. The summed E-state index contributed by atoms with van der Waals surface area (Å²) in [5.41, 5.74) is 0.356. The summed E-state index contributed by atoms with van der Waals surface area (Å²) in [4.78, 5) is 0. The molecule has 0 aliphatic carbocycles. The van der Waals surface area contributed by atoms with Crippen LogP contribution >= 0.6 is 15.9 Å². The summed E-state index contributed by atoms with van der Waals surface area (Å²) in [7, 11) is 2.95. The lowest BCUT2D eigenvalue weighted by Gasteiger charge is -2.20. The zero-order valence-electron chi connectivity index (χ0n) is 9.55. The van der Waals surface area contributed by atoms with Crippen LogP contribution in [0.15, 0.2) is 16.6 Å². The third kappa shape index (κ3) is 3.10. The molecule has 0 heterocycles. The number of rotatable bonds is 5. The van der Waals surface area contributed by atoms with Gasteiger partial charge in [0.1, 0.15) is 23.7 Å². The lowest BCUT2D eigenvalue weighted by Crippen LogP contribution is -2.22. The zero-order valence-corrected chi connectivity index (χ0v) is 11.1. The molecule has 0 saturated heterocycles. The Morgan fingerprint density at radius 3 is 2.24 bits per heavy atom.